The minimum atomic E-state index is -0.889. The van der Waals surface area contributed by atoms with Crippen molar-refractivity contribution < 1.29 is 29.2 Å². The number of fused-ring (bicyclic) bond motifs is 3. The topological polar surface area (TPSA) is 191 Å². The fourth-order valence-electron chi connectivity index (χ4n) is 4.08. The summed E-state index contributed by atoms with van der Waals surface area (Å²) >= 11 is 0. The Kier molecular flexibility index (Phi) is 5.77. The number of nitro groups is 4. The second-order valence-corrected chi connectivity index (χ2v) is 7.48. The average Bonchev–Trinajstić information content (AvgIpc) is 3.15. The molecule has 1 aliphatic carbocycles. The molecule has 1 aliphatic rings. The Morgan fingerprint density at radius 1 is 0.639 bits per heavy atom. The Labute approximate surface area is 200 Å². The van der Waals surface area contributed by atoms with Gasteiger partial charge in [-0.05, 0) is 29.3 Å². The smallest absolute Gasteiger partial charge is 0.284 e. The third-order valence-electron chi connectivity index (χ3n) is 5.57. The van der Waals surface area contributed by atoms with Crippen LogP contribution in [0.25, 0.3) is 22.8 Å². The molecule has 0 spiro atoms. The summed E-state index contributed by atoms with van der Waals surface area (Å²) in [6.07, 6.45) is 1.45. The molecule has 0 saturated heterocycles. The van der Waals surface area contributed by atoms with Gasteiger partial charge in [-0.2, -0.15) is 0 Å². The minimum absolute atomic E-state index is 0.0516. The Balaban J connectivity index is 2.16. The fraction of sp³-hybridized carbons (Fsp3) is 0.0909. The number of hydrogen-bond acceptors (Lipinski definition) is 10. The Bertz CT molecular complexity index is 1450. The summed E-state index contributed by atoms with van der Waals surface area (Å²) in [4.78, 5) is 43.4. The molecule has 0 fully saturated rings. The zero-order valence-electron chi connectivity index (χ0n) is 18.5. The summed E-state index contributed by atoms with van der Waals surface area (Å²) in [5.74, 6) is 0.713. The summed E-state index contributed by atoms with van der Waals surface area (Å²) in [5.41, 5.74) is -2.79. The normalized spacial score (nSPS) is 11.3. The fourth-order valence-corrected chi connectivity index (χ4v) is 4.08. The van der Waals surface area contributed by atoms with E-state index in [0.29, 0.717) is 29.2 Å². The lowest BCUT2D eigenvalue weighted by Crippen LogP contribution is -1.99. The maximum Gasteiger partial charge on any atom is 0.284 e. The van der Waals surface area contributed by atoms with E-state index in [0.717, 1.165) is 12.1 Å². The summed E-state index contributed by atoms with van der Waals surface area (Å²) < 4.78 is 10.5. The van der Waals surface area contributed by atoms with Crippen LogP contribution in [0.3, 0.4) is 0 Å². The number of rotatable bonds is 7. The molecule has 36 heavy (non-hydrogen) atoms. The van der Waals surface area contributed by atoms with E-state index in [4.69, 9.17) is 9.47 Å². The molecule has 0 bridgehead atoms. The maximum atomic E-state index is 11.9. The van der Waals surface area contributed by atoms with Crippen molar-refractivity contribution in [3.63, 3.8) is 0 Å². The zero-order chi connectivity index (χ0) is 26.3. The van der Waals surface area contributed by atoms with Crippen molar-refractivity contribution in [1.82, 2.24) is 0 Å². The lowest BCUT2D eigenvalue weighted by molar-refractivity contribution is -0.395. The van der Waals surface area contributed by atoms with E-state index in [9.17, 15) is 40.5 Å². The first-order chi connectivity index (χ1) is 17.1. The van der Waals surface area contributed by atoms with Gasteiger partial charge in [0.2, 0.25) is 0 Å². The van der Waals surface area contributed by atoms with Gasteiger partial charge in [-0.25, -0.2) is 0 Å². The van der Waals surface area contributed by atoms with E-state index in [2.05, 4.69) is 0 Å². The third kappa shape index (κ3) is 3.81. The van der Waals surface area contributed by atoms with Crippen LogP contribution >= 0.6 is 0 Å². The third-order valence-corrected chi connectivity index (χ3v) is 5.57. The average molecular weight is 494 g/mol. The lowest BCUT2D eigenvalue weighted by atomic mass is 9.99. The van der Waals surface area contributed by atoms with Gasteiger partial charge in [-0.3, -0.25) is 40.5 Å². The van der Waals surface area contributed by atoms with Crippen molar-refractivity contribution in [3.8, 4) is 22.6 Å². The molecule has 0 atom stereocenters. The standard InChI is InChI=1S/C22H14N4O10/c1-35-19-4-3-11(6-20(19)36-2)5-14-15-7-12(23(27)28)9-17(25(31)32)21(15)22-16(14)8-13(24(29)30)10-18(22)26(33)34/h3-10H,1-2H3. The highest BCUT2D eigenvalue weighted by molar-refractivity contribution is 6.12. The molecule has 0 aliphatic heterocycles. The second kappa shape index (κ2) is 8.75. The molecule has 14 nitrogen and oxygen atoms in total. The van der Waals surface area contributed by atoms with E-state index in [1.54, 1.807) is 18.2 Å². The van der Waals surface area contributed by atoms with Crippen LogP contribution in [0.15, 0.2) is 42.5 Å². The van der Waals surface area contributed by atoms with E-state index < -0.39 is 42.4 Å². The van der Waals surface area contributed by atoms with Crippen LogP contribution in [0.5, 0.6) is 11.5 Å². The van der Waals surface area contributed by atoms with Crippen LogP contribution in [0.4, 0.5) is 22.7 Å². The Morgan fingerprint density at radius 3 is 1.50 bits per heavy atom. The summed E-state index contributed by atoms with van der Waals surface area (Å²) in [6.45, 7) is 0. The van der Waals surface area contributed by atoms with Gasteiger partial charge in [0.1, 0.15) is 0 Å². The van der Waals surface area contributed by atoms with Crippen molar-refractivity contribution >= 4 is 34.4 Å². The van der Waals surface area contributed by atoms with Gasteiger partial charge in [0.25, 0.3) is 22.7 Å². The number of hydrogen-bond donors (Lipinski definition) is 0. The number of non-ortho nitro benzene ring substituents is 2. The molecule has 182 valence electrons. The highest BCUT2D eigenvalue weighted by atomic mass is 16.6. The molecule has 0 heterocycles. The molecule has 0 saturated carbocycles. The first kappa shape index (κ1) is 23.7. The van der Waals surface area contributed by atoms with Gasteiger partial charge in [-0.1, -0.05) is 6.07 Å². The highest BCUT2D eigenvalue weighted by Crippen LogP contribution is 2.55. The van der Waals surface area contributed by atoms with E-state index in [1.165, 1.54) is 20.3 Å². The van der Waals surface area contributed by atoms with Gasteiger partial charge in [0.05, 0.1) is 57.2 Å². The molecule has 0 amide bonds. The summed E-state index contributed by atoms with van der Waals surface area (Å²) in [5, 5.41) is 46.8. The van der Waals surface area contributed by atoms with Crippen LogP contribution in [-0.2, 0) is 0 Å². The van der Waals surface area contributed by atoms with Gasteiger partial charge in [-0.15, -0.1) is 0 Å². The summed E-state index contributed by atoms with van der Waals surface area (Å²) in [7, 11) is 2.82. The molecule has 4 rings (SSSR count). The van der Waals surface area contributed by atoms with E-state index in [-0.39, 0.29) is 27.8 Å². The first-order valence-corrected chi connectivity index (χ1v) is 9.95. The van der Waals surface area contributed by atoms with Crippen LogP contribution in [-0.4, -0.2) is 33.9 Å². The van der Waals surface area contributed by atoms with E-state index in [1.807, 2.05) is 0 Å². The number of ether oxygens (including phenoxy) is 2. The van der Waals surface area contributed by atoms with Gasteiger partial charge in [0, 0.05) is 23.3 Å². The van der Waals surface area contributed by atoms with Gasteiger partial charge >= 0.3 is 0 Å². The predicted octanol–water partition coefficient (Wildman–Crippen LogP) is 4.91. The van der Waals surface area contributed by atoms with Crippen LogP contribution in [0.2, 0.25) is 0 Å². The summed E-state index contributed by atoms with van der Waals surface area (Å²) in [6, 6.07) is 8.19. The van der Waals surface area contributed by atoms with Gasteiger partial charge < -0.3 is 9.47 Å². The van der Waals surface area contributed by atoms with Crippen molar-refractivity contribution in [2.75, 3.05) is 14.2 Å². The molecule has 0 N–H and O–H groups in total. The van der Waals surface area contributed by atoms with Crippen LogP contribution in [0, 0.1) is 40.5 Å². The number of nitrogens with zero attached hydrogens (tertiary/aromatic N) is 4. The first-order valence-electron chi connectivity index (χ1n) is 9.95. The highest BCUT2D eigenvalue weighted by Gasteiger charge is 2.40. The quantitative estimate of drug-likeness (QED) is 0.252. The van der Waals surface area contributed by atoms with Crippen LogP contribution < -0.4 is 9.47 Å². The monoisotopic (exact) mass is 494 g/mol. The number of benzene rings is 3. The lowest BCUT2D eigenvalue weighted by Gasteiger charge is -2.09. The van der Waals surface area contributed by atoms with Crippen LogP contribution in [0.1, 0.15) is 16.7 Å². The SMILES string of the molecule is COc1ccc(C=C2c3cc([N+](=O)[O-])cc([N+](=O)[O-])c3-c3c2cc([N+](=O)[O-])cc3[N+](=O)[O-])cc1OC. The van der Waals surface area contributed by atoms with E-state index >= 15 is 0 Å². The minimum Gasteiger partial charge on any atom is -0.493 e. The zero-order valence-corrected chi connectivity index (χ0v) is 18.5. The van der Waals surface area contributed by atoms with Crippen molar-refractivity contribution in [2.24, 2.45) is 0 Å². The van der Waals surface area contributed by atoms with Crippen molar-refractivity contribution in [1.29, 1.82) is 0 Å². The molecule has 3 aromatic rings. The van der Waals surface area contributed by atoms with Crippen molar-refractivity contribution in [2.45, 2.75) is 0 Å². The maximum absolute atomic E-state index is 11.9. The molecular weight excluding hydrogens is 480 g/mol. The molecule has 3 aromatic carbocycles. The predicted molar refractivity (Wildman–Crippen MR) is 125 cm³/mol. The molecule has 0 aromatic heterocycles. The molecule has 14 heteroatoms. The molecule has 0 radical (unpaired) electrons. The number of methoxy groups -OCH3 is 2. The number of nitro benzene ring substituents is 4. The Morgan fingerprint density at radius 2 is 1.11 bits per heavy atom. The van der Waals surface area contributed by atoms with Crippen molar-refractivity contribution in [3.05, 3.63) is 99.6 Å². The Hall–Kier alpha value is -5.40. The largest absolute Gasteiger partial charge is 0.493 e. The second-order valence-electron chi connectivity index (χ2n) is 7.48. The molecular formula is C22H14N4O10. The van der Waals surface area contributed by atoms with Gasteiger partial charge in [0.15, 0.2) is 11.5 Å². The molecule has 0 unspecified atom stereocenters.